The van der Waals surface area contributed by atoms with Crippen molar-refractivity contribution in [2.75, 3.05) is 11.5 Å². The van der Waals surface area contributed by atoms with E-state index in [4.69, 9.17) is 16.7 Å². The molecule has 0 unspecified atom stereocenters. The molecule has 1 aliphatic heterocycles. The van der Waals surface area contributed by atoms with Crippen molar-refractivity contribution in [1.29, 1.82) is 0 Å². The van der Waals surface area contributed by atoms with Gasteiger partial charge in [0.1, 0.15) is 0 Å². The molecule has 0 saturated heterocycles. The van der Waals surface area contributed by atoms with Gasteiger partial charge >= 0.3 is 0 Å². The average molecular weight is 498 g/mol. The molecule has 3 rings (SSSR count). The summed E-state index contributed by atoms with van der Waals surface area (Å²) in [6.45, 7) is 2.20. The van der Waals surface area contributed by atoms with Crippen LogP contribution in [-0.4, -0.2) is 22.7 Å². The van der Waals surface area contributed by atoms with Crippen molar-refractivity contribution in [2.24, 2.45) is 5.92 Å². The van der Waals surface area contributed by atoms with Crippen LogP contribution in [0.4, 0.5) is 5.69 Å². The number of benzene rings is 2. The summed E-state index contributed by atoms with van der Waals surface area (Å²) in [6, 6.07) is 13.1. The summed E-state index contributed by atoms with van der Waals surface area (Å²) < 4.78 is 1.09. The van der Waals surface area contributed by atoms with Crippen molar-refractivity contribution in [1.82, 2.24) is 0 Å². The van der Waals surface area contributed by atoms with Gasteiger partial charge in [0, 0.05) is 26.7 Å². The number of carbonyl (C=O) groups is 1. The highest BCUT2D eigenvalue weighted by Crippen LogP contribution is 2.46. The second-order valence-electron chi connectivity index (χ2n) is 6.68. The summed E-state index contributed by atoms with van der Waals surface area (Å²) >= 11 is 8.40. The maximum atomic E-state index is 13.3. The molecule has 2 N–H and O–H groups in total. The molecule has 1 heterocycles. The topological polar surface area (TPSA) is 60.8 Å². The van der Waals surface area contributed by atoms with E-state index >= 15 is 0 Å². The van der Waals surface area contributed by atoms with Crippen molar-refractivity contribution in [3.8, 4) is 0 Å². The molecule has 27 heavy (non-hydrogen) atoms. The first-order valence-corrected chi connectivity index (χ1v) is 10.2. The highest BCUT2D eigenvalue weighted by molar-refractivity contribution is 14.1. The van der Waals surface area contributed by atoms with Crippen molar-refractivity contribution >= 4 is 45.8 Å². The molecule has 4 nitrogen and oxygen atoms in total. The first-order valence-electron chi connectivity index (χ1n) is 8.74. The first kappa shape index (κ1) is 20.3. The van der Waals surface area contributed by atoms with Crippen LogP contribution < -0.4 is 4.90 Å². The van der Waals surface area contributed by atoms with Crippen LogP contribution in [0.3, 0.4) is 0 Å². The van der Waals surface area contributed by atoms with Gasteiger partial charge in [-0.3, -0.25) is 4.79 Å². The number of amides is 1. The van der Waals surface area contributed by atoms with E-state index in [0.29, 0.717) is 29.2 Å². The van der Waals surface area contributed by atoms with E-state index in [-0.39, 0.29) is 12.5 Å². The number of halogens is 2. The Balaban J connectivity index is 2.02. The zero-order valence-corrected chi connectivity index (χ0v) is 17.8. The Hall–Kier alpha value is -1.41. The van der Waals surface area contributed by atoms with Crippen LogP contribution in [0.5, 0.6) is 0 Å². The minimum absolute atomic E-state index is 0.0246. The lowest BCUT2D eigenvalue weighted by atomic mass is 9.83. The molecule has 6 heteroatoms. The van der Waals surface area contributed by atoms with Crippen molar-refractivity contribution in [3.63, 3.8) is 0 Å². The highest BCUT2D eigenvalue weighted by Gasteiger charge is 2.52. The third kappa shape index (κ3) is 3.92. The fourth-order valence-corrected chi connectivity index (χ4v) is 4.19. The summed E-state index contributed by atoms with van der Waals surface area (Å²) in [4.78, 5) is 14.9. The molecule has 0 radical (unpaired) electrons. The van der Waals surface area contributed by atoms with Crippen molar-refractivity contribution in [2.45, 2.75) is 25.5 Å². The van der Waals surface area contributed by atoms with Gasteiger partial charge < -0.3 is 15.1 Å². The summed E-state index contributed by atoms with van der Waals surface area (Å²) in [7, 11) is 0. The summed E-state index contributed by atoms with van der Waals surface area (Å²) in [5.74, 6) is -0.825. The minimum Gasteiger partial charge on any atom is -0.396 e. The summed E-state index contributed by atoms with van der Waals surface area (Å²) in [5.41, 5.74) is 0.498. The van der Waals surface area contributed by atoms with Crippen LogP contribution in [0.15, 0.2) is 54.6 Å². The Morgan fingerprint density at radius 2 is 2.07 bits per heavy atom. The molecule has 2 atom stereocenters. The molecule has 142 valence electrons. The first-order chi connectivity index (χ1) is 12.9. The van der Waals surface area contributed by atoms with Crippen molar-refractivity contribution < 1.29 is 15.0 Å². The zero-order chi connectivity index (χ0) is 19.6. The molecule has 0 aliphatic carbocycles. The molecule has 0 saturated carbocycles. The zero-order valence-electron chi connectivity index (χ0n) is 14.9. The number of hydrogen-bond donors (Lipinski definition) is 2. The van der Waals surface area contributed by atoms with Gasteiger partial charge in [-0.2, -0.15) is 0 Å². The maximum absolute atomic E-state index is 13.3. The fraction of sp³-hybridized carbons (Fsp3) is 0.286. The van der Waals surface area contributed by atoms with Gasteiger partial charge in [0.15, 0.2) is 5.60 Å². The number of carbonyl (C=O) groups excluding carboxylic acids is 1. The molecule has 0 aromatic heterocycles. The molecular weight excluding hydrogens is 477 g/mol. The van der Waals surface area contributed by atoms with Crippen LogP contribution in [0, 0.1) is 9.49 Å². The monoisotopic (exact) mass is 497 g/mol. The Bertz CT molecular complexity index is 885. The van der Waals surface area contributed by atoms with Crippen LogP contribution in [0.1, 0.15) is 24.5 Å². The smallest absolute Gasteiger partial charge is 0.264 e. The van der Waals surface area contributed by atoms with Crippen LogP contribution in [0.2, 0.25) is 5.02 Å². The number of rotatable bonds is 6. The number of hydrogen-bond acceptors (Lipinski definition) is 3. The largest absolute Gasteiger partial charge is 0.396 e. The van der Waals surface area contributed by atoms with Crippen LogP contribution >= 0.6 is 34.2 Å². The Morgan fingerprint density at radius 3 is 2.78 bits per heavy atom. The number of anilines is 1. The third-order valence-electron chi connectivity index (χ3n) is 4.84. The third-order valence-corrected chi connectivity index (χ3v) is 5.75. The average Bonchev–Trinajstić information content (AvgIpc) is 2.84. The number of aliphatic hydroxyl groups is 2. The molecule has 2 aromatic carbocycles. The van der Waals surface area contributed by atoms with Gasteiger partial charge in [0.2, 0.25) is 0 Å². The Morgan fingerprint density at radius 1 is 1.30 bits per heavy atom. The van der Waals surface area contributed by atoms with Gasteiger partial charge in [-0.1, -0.05) is 42.8 Å². The Labute approximate surface area is 177 Å². The quantitative estimate of drug-likeness (QED) is 0.463. The highest BCUT2D eigenvalue weighted by atomic mass is 127. The fourth-order valence-electron chi connectivity index (χ4n) is 3.41. The van der Waals surface area contributed by atoms with E-state index in [9.17, 15) is 9.90 Å². The molecule has 1 aliphatic rings. The number of aliphatic hydroxyl groups excluding tert-OH is 1. The SMILES string of the molecule is C[C@@H](/C=C/CCO)[C@]1(O)C(=O)N(Cc2cccc(I)c2)c2ccc(Cl)cc21. The van der Waals surface area contributed by atoms with Gasteiger partial charge in [0.25, 0.3) is 5.91 Å². The molecule has 0 spiro atoms. The predicted molar refractivity (Wildman–Crippen MR) is 116 cm³/mol. The van der Waals surface area contributed by atoms with Gasteiger partial charge in [0.05, 0.1) is 12.2 Å². The number of nitrogens with zero attached hydrogens (tertiary/aromatic N) is 1. The second kappa shape index (κ2) is 8.31. The summed E-state index contributed by atoms with van der Waals surface area (Å²) in [5, 5.41) is 20.9. The second-order valence-corrected chi connectivity index (χ2v) is 8.36. The molecular formula is C21H21ClINO3. The van der Waals surface area contributed by atoms with Crippen LogP contribution in [-0.2, 0) is 16.9 Å². The number of fused-ring (bicyclic) bond motifs is 1. The lowest BCUT2D eigenvalue weighted by Gasteiger charge is -2.27. The normalized spacial score (nSPS) is 20.3. The van der Waals surface area contributed by atoms with Gasteiger partial charge in [-0.15, -0.1) is 0 Å². The minimum atomic E-state index is -1.69. The molecule has 0 fully saturated rings. The van der Waals surface area contributed by atoms with E-state index < -0.39 is 11.5 Å². The van der Waals surface area contributed by atoms with E-state index in [2.05, 4.69) is 22.6 Å². The standard InChI is InChI=1S/C21H21ClINO3/c1-14(5-2-3-10-25)21(27)18-12-16(22)8-9-19(18)24(20(21)26)13-15-6-4-7-17(23)11-15/h2,4-9,11-12,14,25,27H,3,10,13H2,1H3/b5-2+/t14-,21+/m0/s1. The maximum Gasteiger partial charge on any atom is 0.264 e. The lowest BCUT2D eigenvalue weighted by Crippen LogP contribution is -2.44. The predicted octanol–water partition coefficient (Wildman–Crippen LogP) is 4.25. The van der Waals surface area contributed by atoms with Crippen LogP contribution in [0.25, 0.3) is 0 Å². The van der Waals surface area contributed by atoms with Gasteiger partial charge in [-0.25, -0.2) is 0 Å². The van der Waals surface area contributed by atoms with E-state index in [1.807, 2.05) is 24.3 Å². The molecule has 2 aromatic rings. The molecule has 1 amide bonds. The van der Waals surface area contributed by atoms with E-state index in [0.717, 1.165) is 9.13 Å². The van der Waals surface area contributed by atoms with E-state index in [1.165, 1.54) is 0 Å². The summed E-state index contributed by atoms with van der Waals surface area (Å²) in [6.07, 6.45) is 4.03. The Kier molecular flexibility index (Phi) is 6.25. The van der Waals surface area contributed by atoms with Crippen molar-refractivity contribution in [3.05, 3.63) is 74.3 Å². The lowest BCUT2D eigenvalue weighted by molar-refractivity contribution is -0.139. The van der Waals surface area contributed by atoms with E-state index in [1.54, 1.807) is 42.2 Å². The molecule has 0 bridgehead atoms. The van der Waals surface area contributed by atoms with Gasteiger partial charge in [-0.05, 0) is 64.9 Å².